The van der Waals surface area contributed by atoms with Gasteiger partial charge in [-0.3, -0.25) is 9.59 Å². The van der Waals surface area contributed by atoms with Crippen LogP contribution in [0, 0.1) is 12.7 Å². The molecule has 1 heterocycles. The van der Waals surface area contributed by atoms with Crippen molar-refractivity contribution in [2.45, 2.75) is 19.8 Å². The third-order valence-corrected chi connectivity index (χ3v) is 2.96. The Balaban J connectivity index is 2.24. The number of amides is 1. The minimum Gasteiger partial charge on any atom is -0.331 e. The van der Waals surface area contributed by atoms with Crippen molar-refractivity contribution < 1.29 is 14.0 Å². The summed E-state index contributed by atoms with van der Waals surface area (Å²) in [5, 5.41) is 0. The minimum absolute atomic E-state index is 0.0395. The molecule has 1 aliphatic heterocycles. The van der Waals surface area contributed by atoms with Crippen molar-refractivity contribution in [3.05, 3.63) is 35.1 Å². The van der Waals surface area contributed by atoms with Gasteiger partial charge in [-0.05, 0) is 25.0 Å². The molecule has 0 aromatic heterocycles. The maximum Gasteiger partial charge on any atom is 0.257 e. The first kappa shape index (κ1) is 11.8. The van der Waals surface area contributed by atoms with Crippen LogP contribution in [-0.2, 0) is 4.79 Å². The first-order chi connectivity index (χ1) is 8.09. The zero-order chi connectivity index (χ0) is 12.4. The van der Waals surface area contributed by atoms with E-state index < -0.39 is 5.82 Å². The number of Topliss-reactive ketones (excluding diaryl/α,β-unsaturated/α-hetero) is 1. The molecule has 2 rings (SSSR count). The van der Waals surface area contributed by atoms with Gasteiger partial charge in [0.25, 0.3) is 5.91 Å². The molecule has 1 aromatic rings. The number of hydrogen-bond acceptors (Lipinski definition) is 2. The number of carbonyl (C=O) groups excluding carboxylic acids is 2. The number of halogens is 1. The van der Waals surface area contributed by atoms with Gasteiger partial charge in [-0.1, -0.05) is 12.1 Å². The van der Waals surface area contributed by atoms with Crippen LogP contribution in [0.2, 0.25) is 0 Å². The van der Waals surface area contributed by atoms with E-state index in [1.165, 1.54) is 11.0 Å². The number of aryl methyl sites for hydroxylation is 1. The molecule has 0 unspecified atom stereocenters. The lowest BCUT2D eigenvalue weighted by atomic mass is 10.1. The van der Waals surface area contributed by atoms with Gasteiger partial charge >= 0.3 is 0 Å². The summed E-state index contributed by atoms with van der Waals surface area (Å²) in [7, 11) is 0. The summed E-state index contributed by atoms with van der Waals surface area (Å²) < 4.78 is 13.8. The topological polar surface area (TPSA) is 37.4 Å². The Hall–Kier alpha value is -1.71. The smallest absolute Gasteiger partial charge is 0.257 e. The lowest BCUT2D eigenvalue weighted by Crippen LogP contribution is -2.40. The van der Waals surface area contributed by atoms with Gasteiger partial charge < -0.3 is 4.90 Å². The molecule has 1 saturated heterocycles. The van der Waals surface area contributed by atoms with Gasteiger partial charge in [-0.25, -0.2) is 4.39 Å². The Morgan fingerprint density at radius 2 is 2.18 bits per heavy atom. The highest BCUT2D eigenvalue weighted by Crippen LogP contribution is 2.16. The monoisotopic (exact) mass is 235 g/mol. The number of carbonyl (C=O) groups is 2. The van der Waals surface area contributed by atoms with Crippen molar-refractivity contribution in [3.63, 3.8) is 0 Å². The van der Waals surface area contributed by atoms with Crippen LogP contribution in [0.25, 0.3) is 0 Å². The number of nitrogens with zero attached hydrogens (tertiary/aromatic N) is 1. The van der Waals surface area contributed by atoms with E-state index >= 15 is 0 Å². The zero-order valence-corrected chi connectivity index (χ0v) is 9.70. The second-order valence-electron chi connectivity index (χ2n) is 4.31. The molecule has 1 fully saturated rings. The van der Waals surface area contributed by atoms with E-state index in [2.05, 4.69) is 0 Å². The summed E-state index contributed by atoms with van der Waals surface area (Å²) >= 11 is 0. The molecule has 3 nitrogen and oxygen atoms in total. The van der Waals surface area contributed by atoms with Gasteiger partial charge in [-0.2, -0.15) is 0 Å². The number of likely N-dealkylation sites (tertiary alicyclic amines) is 1. The standard InChI is InChI=1S/C13H14FNO2/c1-9-4-2-6-11(12(9)14)13(17)15-7-3-5-10(16)8-15/h2,4,6H,3,5,7-8H2,1H3. The number of rotatable bonds is 1. The molecule has 0 aliphatic carbocycles. The molecule has 90 valence electrons. The molecule has 0 saturated carbocycles. The highest BCUT2D eigenvalue weighted by atomic mass is 19.1. The molecule has 0 radical (unpaired) electrons. The minimum atomic E-state index is -0.490. The van der Waals surface area contributed by atoms with Gasteiger partial charge in [0.05, 0.1) is 12.1 Å². The average Bonchev–Trinajstić information content (AvgIpc) is 2.32. The van der Waals surface area contributed by atoms with Crippen LogP contribution in [0.15, 0.2) is 18.2 Å². The Labute approximate surface area is 99.2 Å². The number of ketones is 1. The van der Waals surface area contributed by atoms with Crippen molar-refractivity contribution in [3.8, 4) is 0 Å². The van der Waals surface area contributed by atoms with Crippen molar-refractivity contribution in [1.82, 2.24) is 4.90 Å². The fraction of sp³-hybridized carbons (Fsp3) is 0.385. The van der Waals surface area contributed by atoms with Crippen LogP contribution in [0.1, 0.15) is 28.8 Å². The van der Waals surface area contributed by atoms with Crippen LogP contribution in [0.4, 0.5) is 4.39 Å². The number of piperidine rings is 1. The molecule has 17 heavy (non-hydrogen) atoms. The Morgan fingerprint density at radius 1 is 1.41 bits per heavy atom. The van der Waals surface area contributed by atoms with E-state index in [1.807, 2.05) is 0 Å². The molecule has 0 N–H and O–H groups in total. The van der Waals surface area contributed by atoms with E-state index in [9.17, 15) is 14.0 Å². The molecular weight excluding hydrogens is 221 g/mol. The highest BCUT2D eigenvalue weighted by molar-refractivity contribution is 5.97. The third kappa shape index (κ3) is 2.35. The first-order valence-corrected chi connectivity index (χ1v) is 5.65. The first-order valence-electron chi connectivity index (χ1n) is 5.65. The lowest BCUT2D eigenvalue weighted by molar-refractivity contribution is -0.121. The molecule has 1 aromatic carbocycles. The van der Waals surface area contributed by atoms with E-state index in [4.69, 9.17) is 0 Å². The lowest BCUT2D eigenvalue weighted by Gasteiger charge is -2.26. The maximum atomic E-state index is 13.8. The highest BCUT2D eigenvalue weighted by Gasteiger charge is 2.24. The maximum absolute atomic E-state index is 13.8. The van der Waals surface area contributed by atoms with Crippen molar-refractivity contribution >= 4 is 11.7 Å². The molecule has 4 heteroatoms. The van der Waals surface area contributed by atoms with Crippen LogP contribution in [-0.4, -0.2) is 29.7 Å². The summed E-state index contributed by atoms with van der Waals surface area (Å²) in [4.78, 5) is 24.7. The van der Waals surface area contributed by atoms with E-state index in [-0.39, 0.29) is 23.8 Å². The molecular formula is C13H14FNO2. The van der Waals surface area contributed by atoms with Crippen LogP contribution < -0.4 is 0 Å². The van der Waals surface area contributed by atoms with E-state index in [0.29, 0.717) is 24.9 Å². The Bertz CT molecular complexity index is 470. The molecule has 0 spiro atoms. The molecule has 0 bridgehead atoms. The van der Waals surface area contributed by atoms with Gasteiger partial charge in [-0.15, -0.1) is 0 Å². The third-order valence-electron chi connectivity index (χ3n) is 2.96. The summed E-state index contributed by atoms with van der Waals surface area (Å²) in [6, 6.07) is 4.73. The fourth-order valence-corrected chi connectivity index (χ4v) is 1.99. The Morgan fingerprint density at radius 3 is 2.88 bits per heavy atom. The van der Waals surface area contributed by atoms with Gasteiger partial charge in [0.1, 0.15) is 5.82 Å². The second kappa shape index (κ2) is 4.65. The van der Waals surface area contributed by atoms with Crippen molar-refractivity contribution in [1.29, 1.82) is 0 Å². The summed E-state index contributed by atoms with van der Waals surface area (Å²) in [6.07, 6.45) is 1.18. The van der Waals surface area contributed by atoms with Crippen LogP contribution >= 0.6 is 0 Å². The van der Waals surface area contributed by atoms with Crippen LogP contribution in [0.3, 0.4) is 0 Å². The summed E-state index contributed by atoms with van der Waals surface area (Å²) in [6.45, 7) is 2.25. The predicted molar refractivity (Wildman–Crippen MR) is 61.3 cm³/mol. The van der Waals surface area contributed by atoms with Gasteiger partial charge in [0.2, 0.25) is 0 Å². The average molecular weight is 235 g/mol. The van der Waals surface area contributed by atoms with Crippen LogP contribution in [0.5, 0.6) is 0 Å². The second-order valence-corrected chi connectivity index (χ2v) is 4.31. The normalized spacial score (nSPS) is 16.1. The van der Waals surface area contributed by atoms with Crippen molar-refractivity contribution in [2.75, 3.05) is 13.1 Å². The predicted octanol–water partition coefficient (Wildman–Crippen LogP) is 1.94. The molecule has 0 atom stereocenters. The fourth-order valence-electron chi connectivity index (χ4n) is 1.99. The SMILES string of the molecule is Cc1cccc(C(=O)N2CCCC(=O)C2)c1F. The largest absolute Gasteiger partial charge is 0.331 e. The quantitative estimate of drug-likeness (QED) is 0.746. The van der Waals surface area contributed by atoms with E-state index in [1.54, 1.807) is 19.1 Å². The van der Waals surface area contributed by atoms with Gasteiger partial charge in [0, 0.05) is 13.0 Å². The van der Waals surface area contributed by atoms with Crippen molar-refractivity contribution in [2.24, 2.45) is 0 Å². The Kier molecular flexibility index (Phi) is 3.22. The summed E-state index contributed by atoms with van der Waals surface area (Å²) in [5.74, 6) is -0.840. The number of benzene rings is 1. The number of hydrogen-bond donors (Lipinski definition) is 0. The molecule has 1 amide bonds. The van der Waals surface area contributed by atoms with E-state index in [0.717, 1.165) is 0 Å². The van der Waals surface area contributed by atoms with Gasteiger partial charge in [0.15, 0.2) is 5.78 Å². The molecule has 1 aliphatic rings. The zero-order valence-electron chi connectivity index (χ0n) is 9.70. The summed E-state index contributed by atoms with van der Waals surface area (Å²) in [5.41, 5.74) is 0.499.